The molecule has 1 aliphatic rings. The summed E-state index contributed by atoms with van der Waals surface area (Å²) in [6, 6.07) is 6.61. The molecule has 8 nitrogen and oxygen atoms in total. The van der Waals surface area contributed by atoms with Gasteiger partial charge >= 0.3 is 12.1 Å². The molecule has 1 fully saturated rings. The van der Waals surface area contributed by atoms with Gasteiger partial charge in [0.1, 0.15) is 0 Å². The Labute approximate surface area is 180 Å². The van der Waals surface area contributed by atoms with Crippen LogP contribution in [0, 0.1) is 0 Å². The second-order valence-electron chi connectivity index (χ2n) is 7.08. The van der Waals surface area contributed by atoms with Gasteiger partial charge in [-0.05, 0) is 38.0 Å². The predicted octanol–water partition coefficient (Wildman–Crippen LogP) is 1.71. The van der Waals surface area contributed by atoms with Crippen molar-refractivity contribution in [3.8, 4) is 0 Å². The normalized spacial score (nSPS) is 14.9. The fourth-order valence-corrected chi connectivity index (χ4v) is 4.31. The van der Waals surface area contributed by atoms with Crippen LogP contribution in [0.2, 0.25) is 0 Å². The number of alkyl halides is 3. The number of carbonyl (C=O) groups excluding carboxylic acids is 1. The Morgan fingerprint density at radius 1 is 1.16 bits per heavy atom. The molecular formula is C19H28F3N3O5S. The molecule has 0 aromatic heterocycles. The molecule has 1 heterocycles. The van der Waals surface area contributed by atoms with E-state index in [1.54, 1.807) is 30.9 Å². The Balaban J connectivity index is 0.000000592. The molecule has 1 aromatic carbocycles. The second-order valence-corrected chi connectivity index (χ2v) is 8.97. The van der Waals surface area contributed by atoms with E-state index >= 15 is 0 Å². The second kappa shape index (κ2) is 11.4. The van der Waals surface area contributed by atoms with Crippen LogP contribution in [0.3, 0.4) is 0 Å². The van der Waals surface area contributed by atoms with E-state index in [2.05, 4.69) is 5.32 Å². The molecule has 1 aliphatic heterocycles. The largest absolute Gasteiger partial charge is 0.490 e. The molecule has 0 bridgehead atoms. The van der Waals surface area contributed by atoms with E-state index in [1.807, 2.05) is 19.1 Å². The lowest BCUT2D eigenvalue weighted by atomic mass is 10.2. The third-order valence-corrected chi connectivity index (χ3v) is 6.55. The van der Waals surface area contributed by atoms with Gasteiger partial charge in [-0.1, -0.05) is 19.1 Å². The van der Waals surface area contributed by atoms with Crippen LogP contribution in [0.25, 0.3) is 0 Å². The summed E-state index contributed by atoms with van der Waals surface area (Å²) >= 11 is 0. The van der Waals surface area contributed by atoms with Gasteiger partial charge in [-0.15, -0.1) is 0 Å². The number of hydrogen-bond acceptors (Lipinski definition) is 5. The molecule has 2 rings (SSSR count). The summed E-state index contributed by atoms with van der Waals surface area (Å²) in [5, 5.41) is 10.3. The maximum absolute atomic E-state index is 12.9. The molecule has 176 valence electrons. The third kappa shape index (κ3) is 8.11. The van der Waals surface area contributed by atoms with Gasteiger partial charge in [0.2, 0.25) is 15.9 Å². The third-order valence-electron chi connectivity index (χ3n) is 4.52. The fourth-order valence-electron chi connectivity index (χ4n) is 2.73. The minimum Gasteiger partial charge on any atom is -0.475 e. The molecule has 0 aliphatic carbocycles. The number of amides is 1. The van der Waals surface area contributed by atoms with E-state index < -0.39 is 22.2 Å². The van der Waals surface area contributed by atoms with Gasteiger partial charge in [0, 0.05) is 32.2 Å². The molecule has 1 saturated heterocycles. The number of piperazine rings is 1. The zero-order valence-electron chi connectivity index (χ0n) is 17.6. The van der Waals surface area contributed by atoms with Crippen molar-refractivity contribution >= 4 is 21.9 Å². The molecule has 0 radical (unpaired) electrons. The van der Waals surface area contributed by atoms with Crippen LogP contribution < -0.4 is 5.32 Å². The van der Waals surface area contributed by atoms with Crippen LogP contribution in [-0.2, 0) is 26.0 Å². The summed E-state index contributed by atoms with van der Waals surface area (Å²) in [7, 11) is -3.69. The molecular weight excluding hydrogens is 439 g/mol. The van der Waals surface area contributed by atoms with Crippen molar-refractivity contribution in [1.29, 1.82) is 0 Å². The number of benzene rings is 1. The lowest BCUT2D eigenvalue weighted by molar-refractivity contribution is -0.192. The molecule has 1 amide bonds. The first-order valence-electron chi connectivity index (χ1n) is 9.70. The Bertz CT molecular complexity index is 836. The number of nitrogens with zero attached hydrogens (tertiary/aromatic N) is 2. The summed E-state index contributed by atoms with van der Waals surface area (Å²) in [5.41, 5.74) is 1.09. The quantitative estimate of drug-likeness (QED) is 0.660. The molecule has 31 heavy (non-hydrogen) atoms. The zero-order chi connectivity index (χ0) is 23.8. The summed E-state index contributed by atoms with van der Waals surface area (Å²) in [5.74, 6) is -2.90. The summed E-state index contributed by atoms with van der Waals surface area (Å²) in [6.07, 6.45) is -4.23. The Morgan fingerprint density at radius 3 is 2.03 bits per heavy atom. The summed E-state index contributed by atoms with van der Waals surface area (Å²) in [4.78, 5) is 23.3. The van der Waals surface area contributed by atoms with E-state index in [1.165, 1.54) is 4.31 Å². The number of sulfonamides is 1. The number of aryl methyl sites for hydroxylation is 1. The highest BCUT2D eigenvalue weighted by Crippen LogP contribution is 2.19. The van der Waals surface area contributed by atoms with Crippen LogP contribution in [0.4, 0.5) is 13.2 Å². The highest BCUT2D eigenvalue weighted by Gasteiger charge is 2.38. The standard InChI is InChI=1S/C17H27N3O3S.C2HF3O2/c1-4-15-5-7-16(8-6-15)24(22,23)20(14(2)3)13-17(21)19-11-9-18-10-12-19;3-2(4,5)1(6)7/h5-8,14,18H,4,9-13H2,1-3H3;(H,6,7). The minimum atomic E-state index is -5.08. The van der Waals surface area contributed by atoms with Crippen LogP contribution >= 0.6 is 0 Å². The smallest absolute Gasteiger partial charge is 0.475 e. The van der Waals surface area contributed by atoms with Gasteiger partial charge in [0.05, 0.1) is 11.4 Å². The first kappa shape index (κ1) is 26.9. The first-order chi connectivity index (χ1) is 14.3. The van der Waals surface area contributed by atoms with Crippen molar-refractivity contribution in [1.82, 2.24) is 14.5 Å². The van der Waals surface area contributed by atoms with Crippen molar-refractivity contribution in [2.45, 2.75) is 44.3 Å². The van der Waals surface area contributed by atoms with Crippen LogP contribution in [0.1, 0.15) is 26.3 Å². The minimum absolute atomic E-state index is 0.116. The number of carbonyl (C=O) groups is 2. The molecule has 2 N–H and O–H groups in total. The average molecular weight is 468 g/mol. The van der Waals surface area contributed by atoms with Crippen molar-refractivity contribution in [3.05, 3.63) is 29.8 Å². The SMILES string of the molecule is CCc1ccc(S(=O)(=O)N(CC(=O)N2CCNCC2)C(C)C)cc1.O=C(O)C(F)(F)F. The molecule has 0 saturated carbocycles. The van der Waals surface area contributed by atoms with E-state index in [0.29, 0.717) is 13.1 Å². The Hall–Kier alpha value is -2.18. The van der Waals surface area contributed by atoms with Crippen LogP contribution in [0.15, 0.2) is 29.2 Å². The fraction of sp³-hybridized carbons (Fsp3) is 0.579. The van der Waals surface area contributed by atoms with Gasteiger partial charge < -0.3 is 15.3 Å². The number of carboxylic acids is 1. The highest BCUT2D eigenvalue weighted by atomic mass is 32.2. The number of carboxylic acid groups (broad SMARTS) is 1. The van der Waals surface area contributed by atoms with E-state index in [0.717, 1.165) is 25.1 Å². The number of hydrogen-bond donors (Lipinski definition) is 2. The van der Waals surface area contributed by atoms with Gasteiger partial charge in [-0.3, -0.25) is 4.79 Å². The van der Waals surface area contributed by atoms with Gasteiger partial charge in [0.25, 0.3) is 0 Å². The molecule has 0 spiro atoms. The van der Waals surface area contributed by atoms with Crippen LogP contribution in [0.5, 0.6) is 0 Å². The van der Waals surface area contributed by atoms with E-state index in [4.69, 9.17) is 9.90 Å². The summed E-state index contributed by atoms with van der Waals surface area (Å²) in [6.45, 7) is 8.24. The van der Waals surface area contributed by atoms with Gasteiger partial charge in [-0.2, -0.15) is 17.5 Å². The number of halogens is 3. The highest BCUT2D eigenvalue weighted by molar-refractivity contribution is 7.89. The molecule has 0 unspecified atom stereocenters. The number of rotatable bonds is 6. The van der Waals surface area contributed by atoms with Crippen molar-refractivity contribution in [3.63, 3.8) is 0 Å². The van der Waals surface area contributed by atoms with Crippen molar-refractivity contribution in [2.75, 3.05) is 32.7 Å². The number of nitrogens with one attached hydrogen (secondary N) is 1. The molecule has 0 atom stereocenters. The topological polar surface area (TPSA) is 107 Å². The average Bonchev–Trinajstić information content (AvgIpc) is 2.71. The monoisotopic (exact) mass is 467 g/mol. The lowest BCUT2D eigenvalue weighted by Crippen LogP contribution is -2.51. The zero-order valence-corrected chi connectivity index (χ0v) is 18.5. The first-order valence-corrected chi connectivity index (χ1v) is 11.1. The van der Waals surface area contributed by atoms with Crippen molar-refractivity contribution in [2.24, 2.45) is 0 Å². The van der Waals surface area contributed by atoms with Gasteiger partial charge in [-0.25, -0.2) is 13.2 Å². The molecule has 12 heteroatoms. The maximum Gasteiger partial charge on any atom is 0.490 e. The summed E-state index contributed by atoms with van der Waals surface area (Å²) < 4.78 is 58.9. The van der Waals surface area contributed by atoms with Crippen molar-refractivity contribution < 1.29 is 36.3 Å². The van der Waals surface area contributed by atoms with Gasteiger partial charge in [0.15, 0.2) is 0 Å². The van der Waals surface area contributed by atoms with Crippen LogP contribution in [-0.4, -0.2) is 79.5 Å². The maximum atomic E-state index is 12.9. The van der Waals surface area contributed by atoms with E-state index in [9.17, 15) is 26.4 Å². The predicted molar refractivity (Wildman–Crippen MR) is 108 cm³/mol. The Kier molecular flexibility index (Phi) is 9.91. The molecule has 1 aromatic rings. The number of aliphatic carboxylic acids is 1. The van der Waals surface area contributed by atoms with E-state index in [-0.39, 0.29) is 23.4 Å². The lowest BCUT2D eigenvalue weighted by Gasteiger charge is -2.31. The Morgan fingerprint density at radius 2 is 1.65 bits per heavy atom.